The van der Waals surface area contributed by atoms with Crippen molar-refractivity contribution in [2.45, 2.75) is 24.7 Å². The van der Waals surface area contributed by atoms with Gasteiger partial charge in [-0.1, -0.05) is 12.2 Å². The van der Waals surface area contributed by atoms with E-state index in [1.165, 1.54) is 12.1 Å². The van der Waals surface area contributed by atoms with Gasteiger partial charge in [0.05, 0.1) is 11.5 Å². The van der Waals surface area contributed by atoms with E-state index in [1.54, 1.807) is 12.1 Å². The fourth-order valence-corrected chi connectivity index (χ4v) is 3.55. The monoisotopic (exact) mass is 306 g/mol. The van der Waals surface area contributed by atoms with Crippen LogP contribution < -0.4 is 9.57 Å². The summed E-state index contributed by atoms with van der Waals surface area (Å²) in [6.45, 7) is 2.43. The second-order valence-electron chi connectivity index (χ2n) is 5.24. The summed E-state index contributed by atoms with van der Waals surface area (Å²) in [4.78, 5) is 2.52. The number of benzene rings is 1. The largest absolute Gasteiger partial charge is 0.494 e. The van der Waals surface area contributed by atoms with Gasteiger partial charge >= 0.3 is 0 Å². The summed E-state index contributed by atoms with van der Waals surface area (Å²) in [6.07, 6.45) is 6.14. The topological polar surface area (TPSA) is 67.8 Å². The van der Waals surface area contributed by atoms with Crippen LogP contribution in [0.1, 0.15) is 19.8 Å². The average molecular weight is 306 g/mol. The average Bonchev–Trinajstić information content (AvgIpc) is 2.81. The van der Waals surface area contributed by atoms with Gasteiger partial charge in [0.1, 0.15) is 5.75 Å². The van der Waals surface area contributed by atoms with E-state index in [1.807, 2.05) is 6.92 Å². The highest BCUT2D eigenvalue weighted by atomic mass is 32.2. The first-order valence-electron chi connectivity index (χ1n) is 7.08. The summed E-state index contributed by atoms with van der Waals surface area (Å²) in [7, 11) is -3.61. The summed E-state index contributed by atoms with van der Waals surface area (Å²) >= 11 is 0. The maximum absolute atomic E-state index is 12.2. The molecular formula is C15H18N2O3S. The molecule has 1 saturated carbocycles. The first-order valence-corrected chi connectivity index (χ1v) is 8.56. The Balaban J connectivity index is 1.68. The molecule has 3 rings (SSSR count). The minimum atomic E-state index is -3.61. The van der Waals surface area contributed by atoms with E-state index in [4.69, 9.17) is 4.74 Å². The number of hydrazone groups is 1. The number of nitrogens with zero attached hydrogens (tertiary/aromatic N) is 1. The SMILES string of the molecule is CCOc1ccc(S(=O)(=O)N/N=C2/C[C@H]3C=CC[C@H]23)cc1. The molecule has 1 N–H and O–H groups in total. The molecule has 21 heavy (non-hydrogen) atoms. The molecule has 1 aromatic rings. The Morgan fingerprint density at radius 1 is 1.33 bits per heavy atom. The number of ether oxygens (including phenoxy) is 1. The quantitative estimate of drug-likeness (QED) is 0.670. The van der Waals surface area contributed by atoms with E-state index in [2.05, 4.69) is 22.1 Å². The molecular weight excluding hydrogens is 288 g/mol. The van der Waals surface area contributed by atoms with Crippen molar-refractivity contribution >= 4 is 15.7 Å². The van der Waals surface area contributed by atoms with Crippen LogP contribution in [0.25, 0.3) is 0 Å². The molecule has 2 atom stereocenters. The van der Waals surface area contributed by atoms with Crippen LogP contribution >= 0.6 is 0 Å². The predicted molar refractivity (Wildman–Crippen MR) is 80.7 cm³/mol. The molecule has 0 unspecified atom stereocenters. The first-order chi connectivity index (χ1) is 10.1. The zero-order valence-electron chi connectivity index (χ0n) is 11.8. The van der Waals surface area contributed by atoms with Crippen LogP contribution in [0.15, 0.2) is 46.4 Å². The highest BCUT2D eigenvalue weighted by Crippen LogP contribution is 2.40. The normalized spacial score (nSPS) is 25.5. The lowest BCUT2D eigenvalue weighted by Crippen LogP contribution is -2.35. The molecule has 0 spiro atoms. The van der Waals surface area contributed by atoms with Crippen LogP contribution in [0.3, 0.4) is 0 Å². The van der Waals surface area contributed by atoms with Crippen molar-refractivity contribution in [1.29, 1.82) is 0 Å². The Morgan fingerprint density at radius 2 is 2.10 bits per heavy atom. The molecule has 0 radical (unpaired) electrons. The number of sulfonamides is 1. The second kappa shape index (κ2) is 5.52. The number of nitrogens with one attached hydrogen (secondary N) is 1. The second-order valence-corrected chi connectivity index (χ2v) is 6.90. The van der Waals surface area contributed by atoms with E-state index in [0.717, 1.165) is 18.6 Å². The van der Waals surface area contributed by atoms with Crippen molar-refractivity contribution in [2.75, 3.05) is 6.61 Å². The third-order valence-corrected chi connectivity index (χ3v) is 5.14. The van der Waals surface area contributed by atoms with Gasteiger partial charge in [0.2, 0.25) is 0 Å². The molecule has 6 heteroatoms. The van der Waals surface area contributed by atoms with Gasteiger partial charge in [0.25, 0.3) is 10.0 Å². The lowest BCUT2D eigenvalue weighted by atomic mass is 9.74. The Bertz CT molecular complexity index is 677. The van der Waals surface area contributed by atoms with E-state index in [9.17, 15) is 8.42 Å². The molecule has 5 nitrogen and oxygen atoms in total. The number of rotatable bonds is 5. The van der Waals surface area contributed by atoms with Crippen LogP contribution in [-0.2, 0) is 10.0 Å². The summed E-state index contributed by atoms with van der Waals surface area (Å²) in [6, 6.07) is 6.33. The Hall–Kier alpha value is -1.82. The molecule has 1 aromatic carbocycles. The Morgan fingerprint density at radius 3 is 2.76 bits per heavy atom. The minimum absolute atomic E-state index is 0.190. The highest BCUT2D eigenvalue weighted by molar-refractivity contribution is 7.89. The van der Waals surface area contributed by atoms with Gasteiger partial charge in [-0.15, -0.1) is 0 Å². The molecule has 0 saturated heterocycles. The van der Waals surface area contributed by atoms with E-state index in [0.29, 0.717) is 24.2 Å². The third-order valence-electron chi connectivity index (χ3n) is 3.92. The molecule has 0 heterocycles. The van der Waals surface area contributed by atoms with E-state index >= 15 is 0 Å². The summed E-state index contributed by atoms with van der Waals surface area (Å²) in [5.74, 6) is 1.60. The molecule has 2 aliphatic rings. The lowest BCUT2D eigenvalue weighted by Gasteiger charge is -2.31. The maximum atomic E-state index is 12.2. The summed E-state index contributed by atoms with van der Waals surface area (Å²) in [5, 5.41) is 4.09. The summed E-state index contributed by atoms with van der Waals surface area (Å²) < 4.78 is 29.6. The Labute approximate surface area is 124 Å². The van der Waals surface area contributed by atoms with Gasteiger partial charge in [-0.2, -0.15) is 13.5 Å². The third kappa shape index (κ3) is 2.81. The van der Waals surface area contributed by atoms with Crippen LogP contribution in [0.4, 0.5) is 0 Å². The van der Waals surface area contributed by atoms with Crippen molar-refractivity contribution in [3.63, 3.8) is 0 Å². The zero-order valence-corrected chi connectivity index (χ0v) is 12.6. The molecule has 1 fully saturated rings. The first kappa shape index (κ1) is 14.1. The minimum Gasteiger partial charge on any atom is -0.494 e. The van der Waals surface area contributed by atoms with Crippen LogP contribution in [0.5, 0.6) is 5.75 Å². The van der Waals surface area contributed by atoms with Crippen molar-refractivity contribution in [2.24, 2.45) is 16.9 Å². The zero-order chi connectivity index (χ0) is 14.9. The number of allylic oxidation sites excluding steroid dienone is 2. The molecule has 0 aromatic heterocycles. The Kier molecular flexibility index (Phi) is 3.71. The molecule has 0 bridgehead atoms. The molecule has 112 valence electrons. The van der Waals surface area contributed by atoms with E-state index < -0.39 is 10.0 Å². The van der Waals surface area contributed by atoms with Crippen LogP contribution in [-0.4, -0.2) is 20.7 Å². The van der Waals surface area contributed by atoms with Crippen LogP contribution in [0, 0.1) is 11.8 Å². The fourth-order valence-electron chi connectivity index (χ4n) is 2.72. The van der Waals surface area contributed by atoms with Crippen molar-refractivity contribution in [3.05, 3.63) is 36.4 Å². The molecule has 2 aliphatic carbocycles. The number of hydrogen-bond donors (Lipinski definition) is 1. The maximum Gasteiger partial charge on any atom is 0.276 e. The molecule has 0 amide bonds. The van der Waals surface area contributed by atoms with Crippen molar-refractivity contribution in [3.8, 4) is 5.75 Å². The summed E-state index contributed by atoms with van der Waals surface area (Å²) in [5.41, 5.74) is 0.944. The van der Waals surface area contributed by atoms with Crippen LogP contribution in [0.2, 0.25) is 0 Å². The van der Waals surface area contributed by atoms with Gasteiger partial charge in [0, 0.05) is 11.6 Å². The molecule has 0 aliphatic heterocycles. The van der Waals surface area contributed by atoms with E-state index in [-0.39, 0.29) is 4.90 Å². The van der Waals surface area contributed by atoms with Gasteiger partial charge in [-0.3, -0.25) is 0 Å². The highest BCUT2D eigenvalue weighted by Gasteiger charge is 2.38. The lowest BCUT2D eigenvalue weighted by molar-refractivity contribution is 0.340. The van der Waals surface area contributed by atoms with Crippen molar-refractivity contribution < 1.29 is 13.2 Å². The van der Waals surface area contributed by atoms with Crippen molar-refractivity contribution in [1.82, 2.24) is 4.83 Å². The fraction of sp³-hybridized carbons (Fsp3) is 0.400. The smallest absolute Gasteiger partial charge is 0.276 e. The van der Waals surface area contributed by atoms with Gasteiger partial charge in [-0.25, -0.2) is 4.83 Å². The number of fused-ring (bicyclic) bond motifs is 1. The van der Waals surface area contributed by atoms with Gasteiger partial charge in [-0.05, 0) is 49.9 Å². The number of hydrogen-bond acceptors (Lipinski definition) is 4. The van der Waals surface area contributed by atoms with Gasteiger partial charge < -0.3 is 4.74 Å². The standard InChI is InChI=1S/C15H18N2O3S/c1-2-20-12-6-8-13(9-7-12)21(18,19)17-16-15-10-11-4-3-5-14(11)15/h3-4,6-9,11,14,17H,2,5,10H2,1H3/b16-15-/t11-,14+/m1/s1. The van der Waals surface area contributed by atoms with Gasteiger partial charge in [0.15, 0.2) is 0 Å². The predicted octanol–water partition coefficient (Wildman–Crippen LogP) is 2.32.